The third kappa shape index (κ3) is 5.37. The third-order valence-corrected chi connectivity index (χ3v) is 5.51. The van der Waals surface area contributed by atoms with E-state index in [0.717, 1.165) is 19.3 Å². The van der Waals surface area contributed by atoms with Gasteiger partial charge in [-0.1, -0.05) is 34.1 Å². The van der Waals surface area contributed by atoms with E-state index in [1.54, 1.807) is 13.8 Å². The predicted molar refractivity (Wildman–Crippen MR) is 101 cm³/mol. The van der Waals surface area contributed by atoms with Crippen LogP contribution in [0, 0.1) is 28.9 Å². The van der Waals surface area contributed by atoms with Crippen molar-refractivity contribution in [1.29, 1.82) is 0 Å². The smallest absolute Gasteiger partial charge is 0.405 e. The molecule has 160 valence electrons. The Hall–Kier alpha value is -1.83. The van der Waals surface area contributed by atoms with Crippen molar-refractivity contribution in [2.45, 2.75) is 72.7 Å². The summed E-state index contributed by atoms with van der Waals surface area (Å²) in [5, 5.41) is 12.3. The van der Waals surface area contributed by atoms with Crippen LogP contribution in [-0.4, -0.2) is 48.2 Å². The first kappa shape index (κ1) is 22.5. The SMILES string of the molecule is CCOC(=O)/C([C@@H]1CC(=O)O[C@H]1OC1CC(C)CCC1C(C)C)=[N+](\[O-])OCC. The zero-order valence-electron chi connectivity index (χ0n) is 17.5. The monoisotopic (exact) mass is 399 g/mol. The van der Waals surface area contributed by atoms with Crippen molar-refractivity contribution in [2.24, 2.45) is 23.7 Å². The summed E-state index contributed by atoms with van der Waals surface area (Å²) in [5.74, 6) is -0.936. The Morgan fingerprint density at radius 1 is 1.29 bits per heavy atom. The molecule has 3 unspecified atom stereocenters. The Labute approximate surface area is 166 Å². The minimum absolute atomic E-state index is 0.0784. The summed E-state index contributed by atoms with van der Waals surface area (Å²) < 4.78 is 16.6. The molecule has 0 amide bonds. The molecule has 28 heavy (non-hydrogen) atoms. The molecule has 0 aromatic carbocycles. The highest BCUT2D eigenvalue weighted by atomic mass is 16.9. The molecule has 0 N–H and O–H groups in total. The average molecular weight is 399 g/mol. The van der Waals surface area contributed by atoms with Crippen LogP contribution in [0.2, 0.25) is 0 Å². The van der Waals surface area contributed by atoms with Crippen LogP contribution in [0.25, 0.3) is 0 Å². The molecular weight excluding hydrogens is 366 g/mol. The Morgan fingerprint density at radius 3 is 2.61 bits per heavy atom. The molecule has 2 fully saturated rings. The number of nitrogens with zero attached hydrogens (tertiary/aromatic N) is 1. The molecule has 1 saturated carbocycles. The van der Waals surface area contributed by atoms with E-state index in [9.17, 15) is 14.8 Å². The van der Waals surface area contributed by atoms with E-state index in [0.29, 0.717) is 17.8 Å². The summed E-state index contributed by atoms with van der Waals surface area (Å²) >= 11 is 0. The normalized spacial score (nSPS) is 31.4. The number of carbonyl (C=O) groups is 2. The average Bonchev–Trinajstić information content (AvgIpc) is 2.95. The van der Waals surface area contributed by atoms with Crippen LogP contribution in [-0.2, 0) is 28.6 Å². The van der Waals surface area contributed by atoms with E-state index in [-0.39, 0.29) is 36.4 Å². The van der Waals surface area contributed by atoms with Crippen LogP contribution < -0.4 is 0 Å². The van der Waals surface area contributed by atoms with Gasteiger partial charge in [-0.15, -0.1) is 0 Å². The first-order valence-corrected chi connectivity index (χ1v) is 10.3. The van der Waals surface area contributed by atoms with Crippen molar-refractivity contribution in [3.8, 4) is 0 Å². The van der Waals surface area contributed by atoms with Crippen LogP contribution in [0.15, 0.2) is 0 Å². The van der Waals surface area contributed by atoms with E-state index in [1.165, 1.54) is 0 Å². The minimum atomic E-state index is -1.000. The van der Waals surface area contributed by atoms with Crippen LogP contribution >= 0.6 is 0 Å². The minimum Gasteiger partial charge on any atom is -0.458 e. The second-order valence-corrected chi connectivity index (χ2v) is 7.95. The maximum atomic E-state index is 12.4. The highest BCUT2D eigenvalue weighted by molar-refractivity contribution is 6.35. The molecule has 1 heterocycles. The Bertz CT molecular complexity index is 589. The van der Waals surface area contributed by atoms with Crippen molar-refractivity contribution in [3.63, 3.8) is 0 Å². The molecule has 0 spiro atoms. The van der Waals surface area contributed by atoms with Crippen molar-refractivity contribution in [1.82, 2.24) is 0 Å². The number of hydrogen-bond acceptors (Lipinski definition) is 7. The lowest BCUT2D eigenvalue weighted by Crippen LogP contribution is -2.43. The maximum absolute atomic E-state index is 12.4. The van der Waals surface area contributed by atoms with E-state index < -0.39 is 24.1 Å². The molecule has 8 nitrogen and oxygen atoms in total. The summed E-state index contributed by atoms with van der Waals surface area (Å²) in [4.78, 5) is 29.5. The number of rotatable bonds is 8. The molecule has 1 saturated heterocycles. The molecule has 1 aliphatic carbocycles. The van der Waals surface area contributed by atoms with Gasteiger partial charge in [-0.25, -0.2) is 4.79 Å². The van der Waals surface area contributed by atoms with Crippen molar-refractivity contribution >= 4 is 17.7 Å². The molecule has 8 heteroatoms. The number of cyclic esters (lactones) is 1. The van der Waals surface area contributed by atoms with Gasteiger partial charge in [0.2, 0.25) is 6.29 Å². The first-order valence-electron chi connectivity index (χ1n) is 10.3. The van der Waals surface area contributed by atoms with Crippen LogP contribution in [0.5, 0.6) is 0 Å². The third-order valence-electron chi connectivity index (χ3n) is 5.51. The molecule has 2 rings (SSSR count). The van der Waals surface area contributed by atoms with Gasteiger partial charge >= 0.3 is 17.7 Å². The first-order chi connectivity index (χ1) is 13.3. The van der Waals surface area contributed by atoms with Gasteiger partial charge in [0.15, 0.2) is 0 Å². The van der Waals surface area contributed by atoms with Gasteiger partial charge in [0.05, 0.1) is 25.7 Å². The zero-order chi connectivity index (χ0) is 20.8. The molecular formula is C20H33NO7. The summed E-state index contributed by atoms with van der Waals surface area (Å²) in [6.45, 7) is 9.94. The molecule has 5 atom stereocenters. The maximum Gasteiger partial charge on any atom is 0.405 e. The standard InChI is InChI=1S/C20H33NO7/c1-6-25-19(23)18(21(24)26-7-2)15-11-17(22)28-20(15)27-16-10-13(5)8-9-14(16)12(3)4/h12-16,20H,6-11H2,1-5H3/b21-18+/t13?,14?,15-,16?,20+/m0/s1. The van der Waals surface area contributed by atoms with Gasteiger partial charge < -0.3 is 19.0 Å². The highest BCUT2D eigenvalue weighted by Gasteiger charge is 2.50. The second-order valence-electron chi connectivity index (χ2n) is 7.95. The number of esters is 2. The van der Waals surface area contributed by atoms with E-state index >= 15 is 0 Å². The van der Waals surface area contributed by atoms with Gasteiger partial charge in [-0.3, -0.25) is 10.0 Å². The van der Waals surface area contributed by atoms with Gasteiger partial charge in [0, 0.05) is 4.90 Å². The van der Waals surface area contributed by atoms with Crippen LogP contribution in [0.1, 0.15) is 60.3 Å². The molecule has 0 aromatic rings. The molecule has 0 bridgehead atoms. The van der Waals surface area contributed by atoms with Crippen molar-refractivity contribution in [3.05, 3.63) is 5.21 Å². The lowest BCUT2D eigenvalue weighted by Gasteiger charge is -2.38. The Balaban J connectivity index is 2.27. The highest BCUT2D eigenvalue weighted by Crippen LogP contribution is 2.38. The van der Waals surface area contributed by atoms with E-state index in [4.69, 9.17) is 19.0 Å². The molecule has 0 radical (unpaired) electrons. The lowest BCUT2D eigenvalue weighted by atomic mass is 9.75. The fourth-order valence-electron chi connectivity index (χ4n) is 4.08. The quantitative estimate of drug-likeness (QED) is 0.268. The van der Waals surface area contributed by atoms with Gasteiger partial charge in [-0.2, -0.15) is 0 Å². The summed E-state index contributed by atoms with van der Waals surface area (Å²) in [6.07, 6.45) is 1.80. The number of ether oxygens (including phenoxy) is 3. The second kappa shape index (κ2) is 10.1. The summed E-state index contributed by atoms with van der Waals surface area (Å²) in [7, 11) is 0. The Kier molecular flexibility index (Phi) is 8.10. The molecule has 2 aliphatic rings. The van der Waals surface area contributed by atoms with Crippen molar-refractivity contribution in [2.75, 3.05) is 13.2 Å². The van der Waals surface area contributed by atoms with E-state index in [2.05, 4.69) is 20.8 Å². The number of hydrogen-bond donors (Lipinski definition) is 0. The van der Waals surface area contributed by atoms with Gasteiger partial charge in [0.1, 0.15) is 5.92 Å². The molecule has 0 aromatic heterocycles. The largest absolute Gasteiger partial charge is 0.458 e. The fraction of sp³-hybridized carbons (Fsp3) is 0.850. The Morgan fingerprint density at radius 2 is 2.00 bits per heavy atom. The van der Waals surface area contributed by atoms with Crippen LogP contribution in [0.3, 0.4) is 0 Å². The summed E-state index contributed by atoms with van der Waals surface area (Å²) in [6, 6.07) is 0. The van der Waals surface area contributed by atoms with E-state index in [1.807, 2.05) is 0 Å². The van der Waals surface area contributed by atoms with Gasteiger partial charge in [-0.05, 0) is 37.5 Å². The summed E-state index contributed by atoms with van der Waals surface area (Å²) in [5.41, 5.74) is -0.287. The van der Waals surface area contributed by atoms with Gasteiger partial charge in [0.25, 0.3) is 0 Å². The predicted octanol–water partition coefficient (Wildman–Crippen LogP) is 2.82. The fourth-order valence-corrected chi connectivity index (χ4v) is 4.08. The zero-order valence-corrected chi connectivity index (χ0v) is 17.5. The number of carbonyl (C=O) groups excluding carboxylic acids is 2. The molecule has 1 aliphatic heterocycles. The van der Waals surface area contributed by atoms with Crippen LogP contribution in [0.4, 0.5) is 0 Å². The topological polar surface area (TPSA) is 97.1 Å². The van der Waals surface area contributed by atoms with Crippen molar-refractivity contribution < 1.29 is 33.5 Å². The lowest BCUT2D eigenvalue weighted by molar-refractivity contribution is -0.741.